The Kier molecular flexibility index (Phi) is 34.7. The number of para-hydroxylation sites is 1. The van der Waals surface area contributed by atoms with Gasteiger partial charge in [0.15, 0.2) is 0 Å². The van der Waals surface area contributed by atoms with Crippen LogP contribution in [0.15, 0.2) is 97.1 Å². The first-order valence-electron chi connectivity index (χ1n) is 19.5. The normalized spacial score (nSPS) is 14.3. The Bertz CT molecular complexity index is 1440. The van der Waals surface area contributed by atoms with E-state index in [9.17, 15) is 8.78 Å². The molecule has 4 aromatic carbocycles. The highest BCUT2D eigenvalue weighted by Gasteiger charge is 2.17. The lowest BCUT2D eigenvalue weighted by atomic mass is 10.1. The second-order valence-corrected chi connectivity index (χ2v) is 14.3. The molecule has 1 heterocycles. The number of benzene rings is 4. The molecule has 0 aromatic heterocycles. The second-order valence-electron chi connectivity index (χ2n) is 14.3. The number of aryl methyl sites for hydroxylation is 5. The highest BCUT2D eigenvalue weighted by molar-refractivity contribution is 5.31. The molecule has 1 N–H and O–H groups in total. The fourth-order valence-corrected chi connectivity index (χ4v) is 3.81. The van der Waals surface area contributed by atoms with E-state index in [0.717, 1.165) is 48.5 Å². The fraction of sp³-hybridized carbons (Fsp3) is 0.500. The molecule has 1 saturated heterocycles. The Labute approximate surface area is 340 Å². The molecule has 56 heavy (non-hydrogen) atoms. The third-order valence-corrected chi connectivity index (χ3v) is 7.87. The van der Waals surface area contributed by atoms with Crippen molar-refractivity contribution in [1.82, 2.24) is 10.2 Å². The number of hydrogen-bond donors (Lipinski definition) is 1. The van der Waals surface area contributed by atoms with E-state index in [2.05, 4.69) is 36.0 Å². The molecule has 2 saturated carbocycles. The SMILES string of the molecule is CC1CC1.CN(C)C.CNC1CC1.COC.COC1CCOC1.COc1ccccc1C.Cc1ccc(F)cc1C.Cc1ccccc1.Cc1ccccc1F. The predicted molar refractivity (Wildman–Crippen MR) is 235 cm³/mol. The van der Waals surface area contributed by atoms with Gasteiger partial charge in [0.1, 0.15) is 17.4 Å². The van der Waals surface area contributed by atoms with Crippen LogP contribution in [0.5, 0.6) is 5.75 Å². The lowest BCUT2D eigenvalue weighted by Gasteiger charge is -2.00. The van der Waals surface area contributed by atoms with Crippen LogP contribution >= 0.6 is 0 Å². The molecule has 0 spiro atoms. The van der Waals surface area contributed by atoms with E-state index in [4.69, 9.17) is 14.2 Å². The Hall–Kier alpha value is -3.66. The van der Waals surface area contributed by atoms with E-state index < -0.39 is 0 Å². The summed E-state index contributed by atoms with van der Waals surface area (Å²) in [5.41, 5.74) is 5.35. The van der Waals surface area contributed by atoms with Crippen LogP contribution in [-0.4, -0.2) is 86.9 Å². The van der Waals surface area contributed by atoms with Gasteiger partial charge in [0.05, 0.1) is 19.8 Å². The van der Waals surface area contributed by atoms with Gasteiger partial charge in [-0.25, -0.2) is 8.78 Å². The van der Waals surface area contributed by atoms with E-state index in [1.165, 1.54) is 55.0 Å². The summed E-state index contributed by atoms with van der Waals surface area (Å²) >= 11 is 0. The Morgan fingerprint density at radius 1 is 0.643 bits per heavy atom. The maximum absolute atomic E-state index is 12.3. The van der Waals surface area contributed by atoms with Gasteiger partial charge in [0.2, 0.25) is 0 Å². The van der Waals surface area contributed by atoms with Crippen molar-refractivity contribution in [3.8, 4) is 5.75 Å². The summed E-state index contributed by atoms with van der Waals surface area (Å²) in [6.45, 7) is 13.7. The number of ether oxygens (including phenoxy) is 4. The lowest BCUT2D eigenvalue weighted by molar-refractivity contribution is 0.0822. The number of methoxy groups -OCH3 is 3. The van der Waals surface area contributed by atoms with Gasteiger partial charge in [-0.3, -0.25) is 0 Å². The third-order valence-electron chi connectivity index (χ3n) is 7.87. The average Bonchev–Trinajstić information content (AvgIpc) is 4.12. The zero-order valence-electron chi connectivity index (χ0n) is 37.3. The van der Waals surface area contributed by atoms with Crippen LogP contribution in [0, 0.1) is 52.2 Å². The van der Waals surface area contributed by atoms with Gasteiger partial charge < -0.3 is 29.2 Å². The minimum absolute atomic E-state index is 0.132. The summed E-state index contributed by atoms with van der Waals surface area (Å²) in [6.07, 6.45) is 7.21. The number of rotatable bonds is 3. The molecule has 0 radical (unpaired) electrons. The van der Waals surface area contributed by atoms with Crippen LogP contribution < -0.4 is 10.1 Å². The van der Waals surface area contributed by atoms with Crippen molar-refractivity contribution in [1.29, 1.82) is 0 Å². The molecule has 3 fully saturated rings. The summed E-state index contributed by atoms with van der Waals surface area (Å²) in [7, 11) is 14.7. The van der Waals surface area contributed by atoms with Gasteiger partial charge in [0.25, 0.3) is 0 Å². The number of nitrogens with one attached hydrogen (secondary N) is 1. The van der Waals surface area contributed by atoms with Crippen molar-refractivity contribution in [2.24, 2.45) is 5.92 Å². The van der Waals surface area contributed by atoms with E-state index >= 15 is 0 Å². The topological polar surface area (TPSA) is 52.2 Å². The summed E-state index contributed by atoms with van der Waals surface area (Å²) in [6, 6.07) is 30.6. The van der Waals surface area contributed by atoms with Crippen LogP contribution in [0.1, 0.15) is 66.8 Å². The average molecular weight is 783 g/mol. The van der Waals surface area contributed by atoms with Crippen molar-refractivity contribution in [3.63, 3.8) is 0 Å². The van der Waals surface area contributed by atoms with Crippen LogP contribution in [0.3, 0.4) is 0 Å². The summed E-state index contributed by atoms with van der Waals surface area (Å²) in [5, 5.41) is 3.14. The molecule has 6 nitrogen and oxygen atoms in total. The van der Waals surface area contributed by atoms with Gasteiger partial charge in [0, 0.05) is 34.0 Å². The fourth-order valence-electron chi connectivity index (χ4n) is 3.81. The highest BCUT2D eigenvalue weighted by Crippen LogP contribution is 2.26. The minimum atomic E-state index is -0.155. The van der Waals surface area contributed by atoms with E-state index in [0.29, 0.717) is 11.7 Å². The standard InChI is InChI=1S/C8H9F.C8H10O.C7H7F.C7H8.C5H10O2.C4H9N.C4H8.C3H9N.C2H6O/c1-6-3-4-8(9)5-7(6)2;1-7-5-3-4-6-8(7)9-2;1-6-4-2-3-5-7(6)8;1-7-5-3-2-4-6-7;1-6-5-2-3-7-4-5;1-5-4-2-3-4;1-4-2-3-4;1-4(2)3;1-3-2/h3-5H,1-2H3;3-6H,1-2H3;2-5H,1H3;2-6H,1H3;5H,2-4H2,1H3;4-5H,2-3H2,1H3;4H,2-3H2,1H3;1-3H3;1-2H3. The van der Waals surface area contributed by atoms with E-state index in [-0.39, 0.29) is 11.6 Å². The first kappa shape index (κ1) is 54.4. The Balaban J connectivity index is 0. The van der Waals surface area contributed by atoms with Crippen molar-refractivity contribution >= 4 is 0 Å². The van der Waals surface area contributed by atoms with Crippen molar-refractivity contribution in [3.05, 3.63) is 137 Å². The molecule has 8 heteroatoms. The van der Waals surface area contributed by atoms with Crippen molar-refractivity contribution in [2.45, 2.75) is 85.8 Å². The van der Waals surface area contributed by atoms with Crippen molar-refractivity contribution in [2.75, 3.05) is 69.8 Å². The third kappa shape index (κ3) is 36.0. The van der Waals surface area contributed by atoms with Crippen LogP contribution in [0.2, 0.25) is 0 Å². The van der Waals surface area contributed by atoms with Gasteiger partial charge in [-0.2, -0.15) is 0 Å². The Morgan fingerprint density at radius 3 is 1.39 bits per heavy atom. The molecular formula is C48H76F2N2O4. The molecule has 7 rings (SSSR count). The molecule has 1 aliphatic heterocycles. The highest BCUT2D eigenvalue weighted by atomic mass is 19.1. The first-order valence-corrected chi connectivity index (χ1v) is 19.5. The predicted octanol–water partition coefficient (Wildman–Crippen LogP) is 11.2. The maximum Gasteiger partial charge on any atom is 0.126 e. The summed E-state index contributed by atoms with van der Waals surface area (Å²) < 4.78 is 44.0. The molecule has 1 atom stereocenters. The zero-order chi connectivity index (χ0) is 42.7. The molecule has 2 aliphatic carbocycles. The molecular weight excluding hydrogens is 707 g/mol. The Morgan fingerprint density at radius 2 is 1.14 bits per heavy atom. The van der Waals surface area contributed by atoms with E-state index in [1.54, 1.807) is 53.6 Å². The number of halogens is 2. The van der Waals surface area contributed by atoms with Gasteiger partial charge in [-0.1, -0.05) is 98.1 Å². The minimum Gasteiger partial charge on any atom is -0.496 e. The van der Waals surface area contributed by atoms with Gasteiger partial charge >= 0.3 is 0 Å². The number of hydrogen-bond acceptors (Lipinski definition) is 6. The maximum atomic E-state index is 12.3. The monoisotopic (exact) mass is 783 g/mol. The summed E-state index contributed by atoms with van der Waals surface area (Å²) in [4.78, 5) is 2.00. The van der Waals surface area contributed by atoms with Gasteiger partial charge in [-0.05, 0) is 135 Å². The van der Waals surface area contributed by atoms with Gasteiger partial charge in [-0.15, -0.1) is 0 Å². The van der Waals surface area contributed by atoms with E-state index in [1.807, 2.05) is 102 Å². The lowest BCUT2D eigenvalue weighted by Crippen LogP contribution is -2.07. The molecule has 0 bridgehead atoms. The van der Waals surface area contributed by atoms with Crippen LogP contribution in [-0.2, 0) is 14.2 Å². The summed E-state index contributed by atoms with van der Waals surface area (Å²) in [5.74, 6) is 1.75. The molecule has 1 unspecified atom stereocenters. The second kappa shape index (κ2) is 35.7. The van der Waals surface area contributed by atoms with Crippen LogP contribution in [0.25, 0.3) is 0 Å². The molecule has 3 aliphatic rings. The largest absolute Gasteiger partial charge is 0.496 e. The zero-order valence-corrected chi connectivity index (χ0v) is 37.3. The molecule has 4 aromatic rings. The quantitative estimate of drug-likeness (QED) is 0.223. The molecule has 0 amide bonds. The van der Waals surface area contributed by atoms with Crippen molar-refractivity contribution < 1.29 is 27.7 Å². The first-order chi connectivity index (χ1) is 26.6. The number of nitrogens with zero attached hydrogens (tertiary/aromatic N) is 1. The molecule has 316 valence electrons. The smallest absolute Gasteiger partial charge is 0.126 e. The van der Waals surface area contributed by atoms with Crippen LogP contribution in [0.4, 0.5) is 8.78 Å².